The van der Waals surface area contributed by atoms with Crippen molar-refractivity contribution in [1.29, 1.82) is 0 Å². The van der Waals surface area contributed by atoms with Crippen LogP contribution >= 0.6 is 0 Å². The highest BCUT2D eigenvalue weighted by molar-refractivity contribution is 5.72. The molecule has 1 saturated carbocycles. The summed E-state index contributed by atoms with van der Waals surface area (Å²) in [6.45, 7) is 0. The van der Waals surface area contributed by atoms with Gasteiger partial charge < -0.3 is 9.47 Å². The molecule has 2 aliphatic rings. The van der Waals surface area contributed by atoms with Crippen molar-refractivity contribution in [3.63, 3.8) is 0 Å². The molecule has 1 fully saturated rings. The van der Waals surface area contributed by atoms with Crippen molar-refractivity contribution in [1.82, 2.24) is 4.98 Å². The normalized spacial score (nSPS) is 18.3. The van der Waals surface area contributed by atoms with Gasteiger partial charge in [0.15, 0.2) is 0 Å². The highest BCUT2D eigenvalue weighted by Gasteiger charge is 2.29. The molecule has 0 saturated heterocycles. The number of hydrogen-bond donors (Lipinski definition) is 1. The van der Waals surface area contributed by atoms with Crippen molar-refractivity contribution in [2.24, 2.45) is 5.73 Å². The second-order valence-electron chi connectivity index (χ2n) is 6.61. The molecular weight excluding hydrogens is 326 g/mol. The molecule has 5 heteroatoms. The molecule has 0 spiro atoms. The van der Waals surface area contributed by atoms with Crippen LogP contribution in [-0.2, 0) is 0 Å². The van der Waals surface area contributed by atoms with Gasteiger partial charge in [-0.05, 0) is 61.2 Å². The predicted molar refractivity (Wildman–Crippen MR) is 99.9 cm³/mol. The minimum absolute atomic E-state index is 0.531. The minimum atomic E-state index is -0.531. The van der Waals surface area contributed by atoms with Crippen LogP contribution in [0.2, 0.25) is 0 Å². The Morgan fingerprint density at radius 1 is 1.00 bits per heavy atom. The van der Waals surface area contributed by atoms with Gasteiger partial charge >= 0.3 is 0 Å². The smallest absolute Gasteiger partial charge is 0.232 e. The predicted octanol–water partition coefficient (Wildman–Crippen LogP) is 4.52. The standard InChI is InChI=1S/C21H19N3O2/c22-21-24(18-5-1-2-6-19(18)26-21)15-9-11-16(12-10-15)25-20-17(14-7-8-14)4-3-13-23-20/h1-6,9-14,21H,7-8,22H2. The molecule has 1 aromatic heterocycles. The number of rotatable bonds is 4. The third kappa shape index (κ3) is 2.66. The van der Waals surface area contributed by atoms with Crippen molar-refractivity contribution in [3.05, 3.63) is 72.4 Å². The Labute approximate surface area is 152 Å². The SMILES string of the molecule is NC1Oc2ccccc2N1c1ccc(Oc2ncccc2C2CC2)cc1. The fourth-order valence-corrected chi connectivity index (χ4v) is 3.34. The number of para-hydroxylation sites is 2. The first kappa shape index (κ1) is 15.2. The van der Waals surface area contributed by atoms with Crippen molar-refractivity contribution in [2.45, 2.75) is 25.1 Å². The van der Waals surface area contributed by atoms with Crippen LogP contribution in [0.25, 0.3) is 0 Å². The first-order valence-corrected chi connectivity index (χ1v) is 8.83. The first-order chi connectivity index (χ1) is 12.8. The largest absolute Gasteiger partial charge is 0.455 e. The van der Waals surface area contributed by atoms with E-state index in [1.165, 1.54) is 18.4 Å². The Morgan fingerprint density at radius 2 is 1.81 bits per heavy atom. The highest BCUT2D eigenvalue weighted by atomic mass is 16.5. The number of fused-ring (bicyclic) bond motifs is 1. The lowest BCUT2D eigenvalue weighted by Crippen LogP contribution is -2.38. The van der Waals surface area contributed by atoms with Crippen LogP contribution in [0, 0.1) is 0 Å². The molecule has 26 heavy (non-hydrogen) atoms. The van der Waals surface area contributed by atoms with Crippen LogP contribution in [0.1, 0.15) is 24.3 Å². The summed E-state index contributed by atoms with van der Waals surface area (Å²) in [5, 5.41) is 0. The zero-order chi connectivity index (χ0) is 17.5. The summed E-state index contributed by atoms with van der Waals surface area (Å²) in [5.74, 6) is 2.85. The van der Waals surface area contributed by atoms with Crippen molar-refractivity contribution in [2.75, 3.05) is 4.90 Å². The Kier molecular flexibility index (Phi) is 3.53. The second kappa shape index (κ2) is 6.04. The maximum Gasteiger partial charge on any atom is 0.232 e. The zero-order valence-electron chi connectivity index (χ0n) is 14.2. The number of anilines is 2. The second-order valence-corrected chi connectivity index (χ2v) is 6.61. The molecule has 3 aromatic rings. The van der Waals surface area contributed by atoms with E-state index < -0.39 is 6.35 Å². The zero-order valence-corrected chi connectivity index (χ0v) is 14.2. The average Bonchev–Trinajstić information content (AvgIpc) is 3.45. The van der Waals surface area contributed by atoms with Gasteiger partial charge in [0.05, 0.1) is 5.69 Å². The van der Waals surface area contributed by atoms with Gasteiger partial charge in [-0.15, -0.1) is 0 Å². The maximum atomic E-state index is 6.15. The van der Waals surface area contributed by atoms with Crippen molar-refractivity contribution >= 4 is 11.4 Å². The van der Waals surface area contributed by atoms with Crippen molar-refractivity contribution in [3.8, 4) is 17.4 Å². The third-order valence-corrected chi connectivity index (χ3v) is 4.77. The summed E-state index contributed by atoms with van der Waals surface area (Å²) >= 11 is 0. The first-order valence-electron chi connectivity index (χ1n) is 8.83. The van der Waals surface area contributed by atoms with E-state index in [-0.39, 0.29) is 0 Å². The molecule has 5 rings (SSSR count). The number of ether oxygens (including phenoxy) is 2. The summed E-state index contributed by atoms with van der Waals surface area (Å²) in [6, 6.07) is 19.8. The van der Waals surface area contributed by atoms with E-state index in [2.05, 4.69) is 11.1 Å². The average molecular weight is 345 g/mol. The molecular formula is C21H19N3O2. The number of hydrogen-bond acceptors (Lipinski definition) is 5. The van der Waals surface area contributed by atoms with E-state index in [1.54, 1.807) is 6.20 Å². The maximum absolute atomic E-state index is 6.15. The monoisotopic (exact) mass is 345 g/mol. The van der Waals surface area contributed by atoms with Crippen LogP contribution in [0.15, 0.2) is 66.9 Å². The molecule has 130 valence electrons. The summed E-state index contributed by atoms with van der Waals surface area (Å²) in [5.41, 5.74) is 9.26. The molecule has 2 N–H and O–H groups in total. The van der Waals surface area contributed by atoms with E-state index >= 15 is 0 Å². The molecule has 1 aliphatic heterocycles. The quantitative estimate of drug-likeness (QED) is 0.753. The summed E-state index contributed by atoms with van der Waals surface area (Å²) in [7, 11) is 0. The fourth-order valence-electron chi connectivity index (χ4n) is 3.34. The molecule has 2 aromatic carbocycles. The van der Waals surface area contributed by atoms with E-state index in [1.807, 2.05) is 59.5 Å². The summed E-state index contributed by atoms with van der Waals surface area (Å²) in [6.07, 6.45) is 3.67. The lowest BCUT2D eigenvalue weighted by atomic mass is 10.2. The van der Waals surface area contributed by atoms with Gasteiger partial charge in [0, 0.05) is 17.4 Å². The van der Waals surface area contributed by atoms with E-state index in [9.17, 15) is 0 Å². The number of nitrogens with zero attached hydrogens (tertiary/aromatic N) is 2. The lowest BCUT2D eigenvalue weighted by Gasteiger charge is -2.22. The fraction of sp³-hybridized carbons (Fsp3) is 0.190. The van der Waals surface area contributed by atoms with Gasteiger partial charge in [0.25, 0.3) is 0 Å². The molecule has 1 atom stereocenters. The van der Waals surface area contributed by atoms with Crippen LogP contribution < -0.4 is 20.1 Å². The van der Waals surface area contributed by atoms with Gasteiger partial charge in [-0.2, -0.15) is 0 Å². The van der Waals surface area contributed by atoms with Gasteiger partial charge in [-0.3, -0.25) is 10.6 Å². The van der Waals surface area contributed by atoms with Crippen molar-refractivity contribution < 1.29 is 9.47 Å². The number of nitrogens with two attached hydrogens (primary N) is 1. The van der Waals surface area contributed by atoms with Crippen LogP contribution in [0.3, 0.4) is 0 Å². The van der Waals surface area contributed by atoms with E-state index in [4.69, 9.17) is 15.2 Å². The van der Waals surface area contributed by atoms with Crippen LogP contribution in [0.5, 0.6) is 17.4 Å². The Bertz CT molecular complexity index is 938. The molecule has 0 radical (unpaired) electrons. The minimum Gasteiger partial charge on any atom is -0.455 e. The molecule has 1 aliphatic carbocycles. The topological polar surface area (TPSA) is 60.6 Å². The Hall–Kier alpha value is -3.05. The number of benzene rings is 2. The molecule has 1 unspecified atom stereocenters. The van der Waals surface area contributed by atoms with Gasteiger partial charge in [0.2, 0.25) is 12.2 Å². The molecule has 0 bridgehead atoms. The van der Waals surface area contributed by atoms with E-state index in [0.717, 1.165) is 22.9 Å². The van der Waals surface area contributed by atoms with Gasteiger partial charge in [-0.25, -0.2) is 4.98 Å². The van der Waals surface area contributed by atoms with E-state index in [0.29, 0.717) is 11.8 Å². The third-order valence-electron chi connectivity index (χ3n) is 4.77. The summed E-state index contributed by atoms with van der Waals surface area (Å²) in [4.78, 5) is 6.37. The number of aromatic nitrogens is 1. The van der Waals surface area contributed by atoms with Crippen LogP contribution in [-0.4, -0.2) is 11.3 Å². The molecule has 5 nitrogen and oxygen atoms in total. The lowest BCUT2D eigenvalue weighted by molar-refractivity contribution is 0.243. The summed E-state index contributed by atoms with van der Waals surface area (Å²) < 4.78 is 11.7. The number of pyridine rings is 1. The van der Waals surface area contributed by atoms with Gasteiger partial charge in [0.1, 0.15) is 11.5 Å². The highest BCUT2D eigenvalue weighted by Crippen LogP contribution is 2.44. The Balaban J connectivity index is 1.40. The Morgan fingerprint density at radius 3 is 2.62 bits per heavy atom. The molecule has 0 amide bonds. The van der Waals surface area contributed by atoms with Gasteiger partial charge in [-0.1, -0.05) is 18.2 Å². The van der Waals surface area contributed by atoms with Crippen LogP contribution in [0.4, 0.5) is 11.4 Å². The molecule has 2 heterocycles.